The van der Waals surface area contributed by atoms with Crippen molar-refractivity contribution < 1.29 is 0 Å². The Labute approximate surface area is 88.4 Å². The van der Waals surface area contributed by atoms with Crippen LogP contribution in [0.1, 0.15) is 57.1 Å². The number of unbranched alkanes of at least 4 members (excludes halogenated alkanes) is 2. The monoisotopic (exact) mass is 190 g/mol. The van der Waals surface area contributed by atoms with E-state index in [1.165, 1.54) is 31.2 Å². The fourth-order valence-electron chi connectivity index (χ4n) is 1.89. The number of hydrogen-bond acceptors (Lipinski definition) is 0. The maximum absolute atomic E-state index is 2.28. The molecule has 0 atom stereocenters. The molecule has 0 fully saturated rings. The van der Waals surface area contributed by atoms with Crippen molar-refractivity contribution in [1.82, 2.24) is 0 Å². The first kappa shape index (κ1) is 11.3. The van der Waals surface area contributed by atoms with Gasteiger partial charge in [-0.15, -0.1) is 0 Å². The maximum atomic E-state index is 2.28. The fraction of sp³-hybridized carbons (Fsp3) is 0.571. The molecule has 0 N–H and O–H groups in total. The number of rotatable bonds is 5. The Kier molecular flexibility index (Phi) is 4.72. The van der Waals surface area contributed by atoms with Gasteiger partial charge < -0.3 is 0 Å². The molecule has 0 saturated heterocycles. The minimum absolute atomic E-state index is 0.660. The van der Waals surface area contributed by atoms with E-state index in [0.717, 1.165) is 0 Å². The maximum Gasteiger partial charge on any atom is -0.0216 e. The van der Waals surface area contributed by atoms with Crippen LogP contribution in [0.25, 0.3) is 0 Å². The van der Waals surface area contributed by atoms with Gasteiger partial charge >= 0.3 is 0 Å². The van der Waals surface area contributed by atoms with Crippen molar-refractivity contribution in [2.75, 3.05) is 0 Å². The van der Waals surface area contributed by atoms with Crippen molar-refractivity contribution >= 4 is 0 Å². The van der Waals surface area contributed by atoms with Gasteiger partial charge in [-0.25, -0.2) is 0 Å². The fourth-order valence-corrected chi connectivity index (χ4v) is 1.89. The lowest BCUT2D eigenvalue weighted by Gasteiger charge is -2.11. The Bertz CT molecular complexity index is 260. The normalized spacial score (nSPS) is 10.9. The van der Waals surface area contributed by atoms with Gasteiger partial charge in [0.1, 0.15) is 0 Å². The molecule has 1 aromatic rings. The van der Waals surface area contributed by atoms with Crippen LogP contribution in [0.5, 0.6) is 0 Å². The largest absolute Gasteiger partial charge is 0.0654 e. The molecule has 0 nitrogen and oxygen atoms in total. The van der Waals surface area contributed by atoms with Crippen LogP contribution in [-0.4, -0.2) is 0 Å². The molecular formula is C14H22. The molecule has 0 spiro atoms. The molecular weight excluding hydrogens is 168 g/mol. The molecule has 0 amide bonds. The molecule has 0 saturated carbocycles. The molecule has 1 rings (SSSR count). The predicted molar refractivity (Wildman–Crippen MR) is 63.8 cm³/mol. The summed E-state index contributed by atoms with van der Waals surface area (Å²) in [5.41, 5.74) is 3.08. The second-order valence-corrected chi connectivity index (χ2v) is 4.31. The highest BCUT2D eigenvalue weighted by molar-refractivity contribution is 5.29. The Morgan fingerprint density at radius 3 is 2.43 bits per heavy atom. The van der Waals surface area contributed by atoms with E-state index in [1.54, 1.807) is 5.56 Å². The van der Waals surface area contributed by atoms with Gasteiger partial charge in [0, 0.05) is 0 Å². The highest BCUT2D eigenvalue weighted by atomic mass is 14.1. The summed E-state index contributed by atoms with van der Waals surface area (Å²) in [5.74, 6) is 0.660. The van der Waals surface area contributed by atoms with E-state index in [4.69, 9.17) is 0 Å². The Hall–Kier alpha value is -0.780. The van der Waals surface area contributed by atoms with Gasteiger partial charge in [-0.05, 0) is 29.9 Å². The van der Waals surface area contributed by atoms with Crippen LogP contribution in [0, 0.1) is 0 Å². The molecule has 0 radical (unpaired) electrons. The van der Waals surface area contributed by atoms with E-state index in [9.17, 15) is 0 Å². The summed E-state index contributed by atoms with van der Waals surface area (Å²) in [6.45, 7) is 6.81. The molecule has 0 unspecified atom stereocenters. The van der Waals surface area contributed by atoms with Crippen LogP contribution < -0.4 is 0 Å². The minimum Gasteiger partial charge on any atom is -0.0654 e. The van der Waals surface area contributed by atoms with Crippen molar-refractivity contribution in [3.63, 3.8) is 0 Å². The number of aryl methyl sites for hydroxylation is 1. The molecule has 78 valence electrons. The zero-order valence-corrected chi connectivity index (χ0v) is 9.72. The van der Waals surface area contributed by atoms with Crippen molar-refractivity contribution in [3.8, 4) is 0 Å². The summed E-state index contributed by atoms with van der Waals surface area (Å²) in [6, 6.07) is 8.86. The van der Waals surface area contributed by atoms with Crippen molar-refractivity contribution in [1.29, 1.82) is 0 Å². The highest BCUT2D eigenvalue weighted by Crippen LogP contribution is 2.20. The number of hydrogen-bond donors (Lipinski definition) is 0. The minimum atomic E-state index is 0.660. The predicted octanol–water partition coefficient (Wildman–Crippen LogP) is 4.54. The van der Waals surface area contributed by atoms with Gasteiger partial charge in [0.25, 0.3) is 0 Å². The quantitative estimate of drug-likeness (QED) is 0.598. The van der Waals surface area contributed by atoms with E-state index in [-0.39, 0.29) is 0 Å². The summed E-state index contributed by atoms with van der Waals surface area (Å²) in [7, 11) is 0. The summed E-state index contributed by atoms with van der Waals surface area (Å²) in [4.78, 5) is 0. The first-order chi connectivity index (χ1) is 6.75. The first-order valence-corrected chi connectivity index (χ1v) is 5.83. The van der Waals surface area contributed by atoms with Crippen LogP contribution in [0.2, 0.25) is 0 Å². The molecule has 0 aromatic heterocycles. The molecule has 0 bridgehead atoms. The lowest BCUT2D eigenvalue weighted by molar-refractivity contribution is 0.707. The summed E-state index contributed by atoms with van der Waals surface area (Å²) >= 11 is 0. The molecule has 0 heteroatoms. The second kappa shape index (κ2) is 5.85. The summed E-state index contributed by atoms with van der Waals surface area (Å²) < 4.78 is 0. The van der Waals surface area contributed by atoms with Crippen LogP contribution in [-0.2, 0) is 6.42 Å². The topological polar surface area (TPSA) is 0 Å². The van der Waals surface area contributed by atoms with Crippen LogP contribution >= 0.6 is 0 Å². The van der Waals surface area contributed by atoms with Gasteiger partial charge in [-0.3, -0.25) is 0 Å². The van der Waals surface area contributed by atoms with Gasteiger partial charge in [0.15, 0.2) is 0 Å². The average Bonchev–Trinajstić information content (AvgIpc) is 2.19. The van der Waals surface area contributed by atoms with Crippen LogP contribution in [0.15, 0.2) is 24.3 Å². The third kappa shape index (κ3) is 3.17. The third-order valence-corrected chi connectivity index (χ3v) is 2.73. The molecule has 14 heavy (non-hydrogen) atoms. The standard InChI is InChI=1S/C14H22/c1-4-5-6-9-13-10-7-8-11-14(13)12(2)3/h7-8,10-12H,4-6,9H2,1-3H3. The van der Waals surface area contributed by atoms with Gasteiger partial charge in [-0.1, -0.05) is 57.9 Å². The lowest BCUT2D eigenvalue weighted by Crippen LogP contribution is -1.96. The number of benzene rings is 1. The van der Waals surface area contributed by atoms with E-state index < -0.39 is 0 Å². The van der Waals surface area contributed by atoms with Crippen LogP contribution in [0.4, 0.5) is 0 Å². The second-order valence-electron chi connectivity index (χ2n) is 4.31. The summed E-state index contributed by atoms with van der Waals surface area (Å²) in [6.07, 6.45) is 5.25. The smallest absolute Gasteiger partial charge is 0.0216 e. The van der Waals surface area contributed by atoms with E-state index in [0.29, 0.717) is 5.92 Å². The zero-order valence-electron chi connectivity index (χ0n) is 9.72. The molecule has 1 aromatic carbocycles. The van der Waals surface area contributed by atoms with E-state index >= 15 is 0 Å². The third-order valence-electron chi connectivity index (χ3n) is 2.73. The van der Waals surface area contributed by atoms with Crippen molar-refractivity contribution in [2.45, 2.75) is 52.4 Å². The molecule has 0 aliphatic heterocycles. The van der Waals surface area contributed by atoms with Gasteiger partial charge in [0.05, 0.1) is 0 Å². The average molecular weight is 190 g/mol. The molecule has 0 heterocycles. The Morgan fingerprint density at radius 2 is 1.79 bits per heavy atom. The van der Waals surface area contributed by atoms with Gasteiger partial charge in [-0.2, -0.15) is 0 Å². The van der Waals surface area contributed by atoms with Crippen molar-refractivity contribution in [2.24, 2.45) is 0 Å². The zero-order chi connectivity index (χ0) is 10.4. The van der Waals surface area contributed by atoms with Crippen LogP contribution in [0.3, 0.4) is 0 Å². The lowest BCUT2D eigenvalue weighted by atomic mass is 9.94. The first-order valence-electron chi connectivity index (χ1n) is 5.83. The SMILES string of the molecule is CCCCCc1ccccc1C(C)C. The van der Waals surface area contributed by atoms with Gasteiger partial charge in [0.2, 0.25) is 0 Å². The van der Waals surface area contributed by atoms with Crippen molar-refractivity contribution in [3.05, 3.63) is 35.4 Å². The van der Waals surface area contributed by atoms with E-state index in [2.05, 4.69) is 45.0 Å². The Morgan fingerprint density at radius 1 is 1.07 bits per heavy atom. The Balaban J connectivity index is 2.64. The molecule has 0 aliphatic rings. The highest BCUT2D eigenvalue weighted by Gasteiger charge is 2.04. The summed E-state index contributed by atoms with van der Waals surface area (Å²) in [5, 5.41) is 0. The van der Waals surface area contributed by atoms with E-state index in [1.807, 2.05) is 0 Å². The molecule has 0 aliphatic carbocycles.